The number of benzene rings is 1. The predicted molar refractivity (Wildman–Crippen MR) is 96.1 cm³/mol. The number of carbonyl (C=O) groups excluding carboxylic acids is 2. The summed E-state index contributed by atoms with van der Waals surface area (Å²) in [5.74, 6) is -1.55. The number of ether oxygens (including phenoxy) is 1. The van der Waals surface area contributed by atoms with Crippen LogP contribution in [0.5, 0.6) is 0 Å². The standard InChI is InChI=1S/C17H14Cl2F3N3O3/c1-8-4-14(17(20,21)22)25-15(23-8)6-12(24-25)16(27)28-7-13(26)10-3-2-9(18)5-11(10)19/h2-3,5-6,8,14,23H,4,7H2,1H3/t8-,14+/m0/s1. The number of carbonyl (C=O) groups is 2. The molecule has 3 rings (SSSR count). The van der Waals surface area contributed by atoms with Gasteiger partial charge in [0.1, 0.15) is 5.82 Å². The number of nitrogens with one attached hydrogen (secondary N) is 1. The van der Waals surface area contributed by atoms with E-state index in [0.29, 0.717) is 9.70 Å². The molecule has 1 aromatic heterocycles. The highest BCUT2D eigenvalue weighted by molar-refractivity contribution is 6.36. The molecule has 0 bridgehead atoms. The van der Waals surface area contributed by atoms with Crippen molar-refractivity contribution in [2.75, 3.05) is 11.9 Å². The maximum Gasteiger partial charge on any atom is 0.410 e. The number of halogens is 5. The fourth-order valence-corrected chi connectivity index (χ4v) is 3.37. The van der Waals surface area contributed by atoms with Crippen molar-refractivity contribution >= 4 is 40.8 Å². The van der Waals surface area contributed by atoms with Gasteiger partial charge in [0.25, 0.3) is 0 Å². The van der Waals surface area contributed by atoms with Crippen molar-refractivity contribution in [2.45, 2.75) is 31.6 Å². The Labute approximate surface area is 167 Å². The molecule has 0 saturated carbocycles. The zero-order valence-corrected chi connectivity index (χ0v) is 15.9. The largest absolute Gasteiger partial charge is 0.453 e. The topological polar surface area (TPSA) is 73.2 Å². The predicted octanol–water partition coefficient (Wildman–Crippen LogP) is 4.54. The molecule has 0 unspecified atom stereocenters. The van der Waals surface area contributed by atoms with Crippen molar-refractivity contribution in [1.82, 2.24) is 9.78 Å². The first-order valence-electron chi connectivity index (χ1n) is 8.14. The van der Waals surface area contributed by atoms with Crippen molar-refractivity contribution in [3.63, 3.8) is 0 Å². The molecule has 0 radical (unpaired) electrons. The summed E-state index contributed by atoms with van der Waals surface area (Å²) in [4.78, 5) is 24.3. The molecule has 1 N–H and O–H groups in total. The zero-order chi connectivity index (χ0) is 20.6. The molecule has 0 aliphatic carbocycles. The summed E-state index contributed by atoms with van der Waals surface area (Å²) in [7, 11) is 0. The van der Waals surface area contributed by atoms with Gasteiger partial charge in [0, 0.05) is 22.7 Å². The number of ketones is 1. The lowest BCUT2D eigenvalue weighted by Crippen LogP contribution is -2.37. The van der Waals surface area contributed by atoms with Crippen LogP contribution in [0, 0.1) is 0 Å². The van der Waals surface area contributed by atoms with Crippen LogP contribution < -0.4 is 5.32 Å². The van der Waals surface area contributed by atoms with Gasteiger partial charge in [0.2, 0.25) is 5.78 Å². The number of hydrogen-bond donors (Lipinski definition) is 1. The average Bonchev–Trinajstić information content (AvgIpc) is 3.01. The molecule has 0 saturated heterocycles. The summed E-state index contributed by atoms with van der Waals surface area (Å²) in [6.07, 6.45) is -4.74. The molecule has 1 aromatic carbocycles. The normalized spacial score (nSPS) is 18.9. The van der Waals surface area contributed by atoms with E-state index in [4.69, 9.17) is 27.9 Å². The molecule has 150 valence electrons. The highest BCUT2D eigenvalue weighted by atomic mass is 35.5. The number of aromatic nitrogens is 2. The van der Waals surface area contributed by atoms with Crippen molar-refractivity contribution in [3.05, 3.63) is 45.6 Å². The second-order valence-corrected chi connectivity index (χ2v) is 7.16. The third-order valence-electron chi connectivity index (χ3n) is 4.15. The second-order valence-electron chi connectivity index (χ2n) is 6.32. The molecule has 0 amide bonds. The van der Waals surface area contributed by atoms with Crippen molar-refractivity contribution in [2.24, 2.45) is 0 Å². The molecule has 0 fully saturated rings. The lowest BCUT2D eigenvalue weighted by Gasteiger charge is -2.31. The quantitative estimate of drug-likeness (QED) is 0.563. The molecule has 0 spiro atoms. The summed E-state index contributed by atoms with van der Waals surface area (Å²) < 4.78 is 45.3. The highest BCUT2D eigenvalue weighted by Gasteiger charge is 2.45. The Kier molecular flexibility index (Phi) is 5.58. The van der Waals surface area contributed by atoms with Crippen LogP contribution in [0.2, 0.25) is 10.0 Å². The van der Waals surface area contributed by atoms with Crippen LogP contribution in [0.1, 0.15) is 40.2 Å². The van der Waals surface area contributed by atoms with Crippen LogP contribution in [0.15, 0.2) is 24.3 Å². The van der Waals surface area contributed by atoms with Crippen LogP contribution in [-0.4, -0.2) is 40.4 Å². The molecule has 28 heavy (non-hydrogen) atoms. The number of hydrogen-bond acceptors (Lipinski definition) is 5. The van der Waals surface area contributed by atoms with E-state index in [1.165, 1.54) is 18.2 Å². The van der Waals surface area contributed by atoms with Crippen LogP contribution in [-0.2, 0) is 4.74 Å². The van der Waals surface area contributed by atoms with Crippen LogP contribution >= 0.6 is 23.2 Å². The molecular formula is C17H14Cl2F3N3O3. The maximum atomic E-state index is 13.2. The lowest BCUT2D eigenvalue weighted by molar-refractivity contribution is -0.173. The van der Waals surface area contributed by atoms with Gasteiger partial charge in [0.15, 0.2) is 18.3 Å². The van der Waals surface area contributed by atoms with E-state index in [9.17, 15) is 22.8 Å². The Morgan fingerprint density at radius 1 is 1.32 bits per heavy atom. The van der Waals surface area contributed by atoms with Gasteiger partial charge in [-0.15, -0.1) is 0 Å². The number of fused-ring (bicyclic) bond motifs is 1. The highest BCUT2D eigenvalue weighted by Crippen LogP contribution is 2.39. The van der Waals surface area contributed by atoms with Crippen LogP contribution in [0.3, 0.4) is 0 Å². The first-order chi connectivity index (χ1) is 13.1. The molecule has 1 aliphatic rings. The Morgan fingerprint density at radius 3 is 2.68 bits per heavy atom. The van der Waals surface area contributed by atoms with E-state index in [0.717, 1.165) is 6.07 Å². The van der Waals surface area contributed by atoms with Gasteiger partial charge in [-0.2, -0.15) is 18.3 Å². The van der Waals surface area contributed by atoms with Crippen molar-refractivity contribution < 1.29 is 27.5 Å². The Morgan fingerprint density at radius 2 is 2.04 bits per heavy atom. The summed E-state index contributed by atoms with van der Waals surface area (Å²) >= 11 is 11.7. The summed E-state index contributed by atoms with van der Waals surface area (Å²) in [5.41, 5.74) is -0.225. The van der Waals surface area contributed by atoms with Crippen molar-refractivity contribution in [3.8, 4) is 0 Å². The monoisotopic (exact) mass is 435 g/mol. The Balaban J connectivity index is 1.73. The van der Waals surface area contributed by atoms with Gasteiger partial charge in [-0.25, -0.2) is 9.48 Å². The van der Waals surface area contributed by atoms with E-state index in [1.54, 1.807) is 6.92 Å². The van der Waals surface area contributed by atoms with Gasteiger partial charge in [-0.1, -0.05) is 23.2 Å². The third kappa shape index (κ3) is 4.25. The van der Waals surface area contributed by atoms with E-state index < -0.39 is 36.6 Å². The van der Waals surface area contributed by atoms with Gasteiger partial charge in [-0.05, 0) is 31.5 Å². The smallest absolute Gasteiger partial charge is 0.410 e. The minimum atomic E-state index is -4.51. The Bertz CT molecular complexity index is 930. The van der Waals surface area contributed by atoms with Crippen LogP contribution in [0.25, 0.3) is 0 Å². The number of rotatable bonds is 4. The zero-order valence-electron chi connectivity index (χ0n) is 14.4. The maximum absolute atomic E-state index is 13.2. The SMILES string of the molecule is C[C@H]1C[C@H](C(F)(F)F)n2nc(C(=O)OCC(=O)c3ccc(Cl)cc3Cl)cc2N1. The molecule has 6 nitrogen and oxygen atoms in total. The number of nitrogens with zero attached hydrogens (tertiary/aromatic N) is 2. The molecule has 11 heteroatoms. The summed E-state index contributed by atoms with van der Waals surface area (Å²) in [5, 5.41) is 6.98. The Hall–Kier alpha value is -2.26. The number of anilines is 1. The fourth-order valence-electron chi connectivity index (χ4n) is 2.86. The number of esters is 1. The van der Waals surface area contributed by atoms with Gasteiger partial charge in [-0.3, -0.25) is 4.79 Å². The van der Waals surface area contributed by atoms with Crippen LogP contribution in [0.4, 0.5) is 19.0 Å². The summed E-state index contributed by atoms with van der Waals surface area (Å²) in [6, 6.07) is 3.07. The minimum Gasteiger partial charge on any atom is -0.453 e. The van der Waals surface area contributed by atoms with E-state index in [2.05, 4.69) is 10.4 Å². The second kappa shape index (κ2) is 7.63. The van der Waals surface area contributed by atoms with E-state index >= 15 is 0 Å². The van der Waals surface area contributed by atoms with Gasteiger partial charge in [0.05, 0.1) is 5.02 Å². The van der Waals surface area contributed by atoms with E-state index in [-0.39, 0.29) is 28.5 Å². The summed E-state index contributed by atoms with van der Waals surface area (Å²) in [6.45, 7) is 0.955. The van der Waals surface area contributed by atoms with Crippen molar-refractivity contribution in [1.29, 1.82) is 0 Å². The minimum absolute atomic E-state index is 0.0556. The first kappa shape index (κ1) is 20.5. The van der Waals surface area contributed by atoms with E-state index in [1.807, 2.05) is 0 Å². The molecule has 1 aliphatic heterocycles. The molecule has 2 aromatic rings. The number of alkyl halides is 3. The molecule has 2 atom stereocenters. The molecule has 2 heterocycles. The fraction of sp³-hybridized carbons (Fsp3) is 0.353. The molecular weight excluding hydrogens is 422 g/mol. The number of Topliss-reactive ketones (excluding diaryl/α,β-unsaturated/α-hetero) is 1. The lowest BCUT2D eigenvalue weighted by atomic mass is 10.1. The van der Waals surface area contributed by atoms with Gasteiger partial charge < -0.3 is 10.1 Å². The first-order valence-corrected chi connectivity index (χ1v) is 8.90. The third-order valence-corrected chi connectivity index (χ3v) is 4.70. The average molecular weight is 436 g/mol. The van der Waals surface area contributed by atoms with Gasteiger partial charge >= 0.3 is 12.1 Å².